The van der Waals surface area contributed by atoms with Gasteiger partial charge in [-0.15, -0.1) is 0 Å². The highest BCUT2D eigenvalue weighted by Crippen LogP contribution is 2.21. The molecule has 1 aromatic carbocycles. The molecule has 1 heterocycles. The number of rotatable bonds is 6. The van der Waals surface area contributed by atoms with Crippen molar-refractivity contribution in [3.63, 3.8) is 0 Å². The van der Waals surface area contributed by atoms with E-state index in [1.807, 2.05) is 13.8 Å². The average molecular weight is 273 g/mol. The smallest absolute Gasteiger partial charge is 0.105 e. The second-order valence-electron chi connectivity index (χ2n) is 5.22. The van der Waals surface area contributed by atoms with E-state index in [-0.39, 0.29) is 6.04 Å². The van der Waals surface area contributed by atoms with E-state index < -0.39 is 0 Å². The Balaban J connectivity index is 1.92. The Kier molecular flexibility index (Phi) is 4.99. The number of benzene rings is 1. The molecule has 0 aliphatic heterocycles. The molecular formula is C17H23NO2. The Morgan fingerprint density at radius 2 is 1.80 bits per heavy atom. The van der Waals surface area contributed by atoms with Gasteiger partial charge in [0.05, 0.1) is 6.61 Å². The summed E-state index contributed by atoms with van der Waals surface area (Å²) in [6.07, 6.45) is 0. The van der Waals surface area contributed by atoms with Crippen molar-refractivity contribution < 1.29 is 9.15 Å². The summed E-state index contributed by atoms with van der Waals surface area (Å²) in [6, 6.07) is 10.9. The van der Waals surface area contributed by atoms with Gasteiger partial charge in [0.25, 0.3) is 0 Å². The van der Waals surface area contributed by atoms with Crippen LogP contribution in [0.4, 0.5) is 0 Å². The minimum absolute atomic E-state index is 0.283. The lowest BCUT2D eigenvalue weighted by Gasteiger charge is -2.13. The molecule has 0 amide bonds. The molecule has 1 unspecified atom stereocenters. The molecule has 3 heteroatoms. The summed E-state index contributed by atoms with van der Waals surface area (Å²) in [5.74, 6) is 1.97. The molecule has 0 fully saturated rings. The molecule has 2 aromatic rings. The topological polar surface area (TPSA) is 34.4 Å². The monoisotopic (exact) mass is 273 g/mol. The van der Waals surface area contributed by atoms with Gasteiger partial charge in [-0.05, 0) is 38.0 Å². The maximum atomic E-state index is 5.58. The van der Waals surface area contributed by atoms with E-state index in [9.17, 15) is 0 Å². The molecule has 1 N–H and O–H groups in total. The van der Waals surface area contributed by atoms with Crippen LogP contribution in [0.3, 0.4) is 0 Å². The molecule has 0 bridgehead atoms. The predicted molar refractivity (Wildman–Crippen MR) is 80.6 cm³/mol. The summed E-state index contributed by atoms with van der Waals surface area (Å²) in [4.78, 5) is 0. The fourth-order valence-electron chi connectivity index (χ4n) is 2.38. The minimum Gasteiger partial charge on any atom is -0.466 e. The number of hydrogen-bond donors (Lipinski definition) is 1. The Bertz CT molecular complexity index is 543. The second-order valence-corrected chi connectivity index (χ2v) is 5.22. The lowest BCUT2D eigenvalue weighted by Crippen LogP contribution is -2.18. The Morgan fingerprint density at radius 1 is 1.15 bits per heavy atom. The van der Waals surface area contributed by atoms with Gasteiger partial charge < -0.3 is 14.5 Å². The molecule has 1 aromatic heterocycles. The van der Waals surface area contributed by atoms with Crippen molar-refractivity contribution in [3.8, 4) is 0 Å². The zero-order valence-corrected chi connectivity index (χ0v) is 12.7. The van der Waals surface area contributed by atoms with Crippen LogP contribution in [0.2, 0.25) is 0 Å². The van der Waals surface area contributed by atoms with Gasteiger partial charge in [0.1, 0.15) is 11.5 Å². The van der Waals surface area contributed by atoms with E-state index in [1.54, 1.807) is 7.11 Å². The van der Waals surface area contributed by atoms with Crippen LogP contribution < -0.4 is 5.32 Å². The highest BCUT2D eigenvalue weighted by molar-refractivity contribution is 5.25. The largest absolute Gasteiger partial charge is 0.466 e. The van der Waals surface area contributed by atoms with E-state index in [0.29, 0.717) is 6.61 Å². The van der Waals surface area contributed by atoms with Crippen molar-refractivity contribution in [2.75, 3.05) is 7.11 Å². The normalized spacial score (nSPS) is 12.6. The number of methoxy groups -OCH3 is 1. The molecule has 108 valence electrons. The van der Waals surface area contributed by atoms with E-state index in [2.05, 4.69) is 42.6 Å². The summed E-state index contributed by atoms with van der Waals surface area (Å²) in [6.45, 7) is 7.67. The third-order valence-electron chi connectivity index (χ3n) is 3.49. The third-order valence-corrected chi connectivity index (χ3v) is 3.49. The molecule has 2 rings (SSSR count). The number of nitrogens with one attached hydrogen (secondary N) is 1. The van der Waals surface area contributed by atoms with E-state index in [1.165, 1.54) is 16.7 Å². The highest BCUT2D eigenvalue weighted by atomic mass is 16.5. The molecule has 0 saturated carbocycles. The van der Waals surface area contributed by atoms with Crippen LogP contribution in [0.5, 0.6) is 0 Å². The summed E-state index contributed by atoms with van der Waals surface area (Å²) in [5.41, 5.74) is 3.71. The quantitative estimate of drug-likeness (QED) is 0.867. The molecule has 0 saturated heterocycles. The van der Waals surface area contributed by atoms with Crippen molar-refractivity contribution in [1.29, 1.82) is 0 Å². The van der Waals surface area contributed by atoms with Crippen LogP contribution in [0.1, 0.15) is 41.2 Å². The van der Waals surface area contributed by atoms with Gasteiger partial charge in [-0.1, -0.05) is 24.3 Å². The van der Waals surface area contributed by atoms with E-state index >= 15 is 0 Å². The zero-order chi connectivity index (χ0) is 14.5. The summed E-state index contributed by atoms with van der Waals surface area (Å²) >= 11 is 0. The number of hydrogen-bond acceptors (Lipinski definition) is 3. The van der Waals surface area contributed by atoms with Crippen molar-refractivity contribution in [2.45, 2.75) is 40.0 Å². The average Bonchev–Trinajstić information content (AvgIpc) is 2.77. The van der Waals surface area contributed by atoms with Crippen LogP contribution in [0, 0.1) is 13.8 Å². The number of ether oxygens (including phenoxy) is 1. The number of furan rings is 1. The first-order valence-corrected chi connectivity index (χ1v) is 6.97. The Hall–Kier alpha value is -1.58. The van der Waals surface area contributed by atoms with Gasteiger partial charge in [0.15, 0.2) is 0 Å². The minimum atomic E-state index is 0.283. The lowest BCUT2D eigenvalue weighted by atomic mass is 10.1. The van der Waals surface area contributed by atoms with Crippen molar-refractivity contribution >= 4 is 0 Å². The van der Waals surface area contributed by atoms with Crippen LogP contribution >= 0.6 is 0 Å². The van der Waals surface area contributed by atoms with E-state index in [4.69, 9.17) is 9.15 Å². The third kappa shape index (κ3) is 3.71. The Labute approximate surface area is 121 Å². The molecule has 0 radical (unpaired) electrons. The molecule has 0 aliphatic rings. The van der Waals surface area contributed by atoms with Crippen molar-refractivity contribution in [1.82, 2.24) is 5.32 Å². The number of aryl methyl sites for hydroxylation is 2. The zero-order valence-electron chi connectivity index (χ0n) is 12.7. The fraction of sp³-hybridized carbons (Fsp3) is 0.412. The maximum Gasteiger partial charge on any atom is 0.105 e. The molecule has 3 nitrogen and oxygen atoms in total. The van der Waals surface area contributed by atoms with Gasteiger partial charge in [0.2, 0.25) is 0 Å². The lowest BCUT2D eigenvalue weighted by molar-refractivity contribution is 0.185. The standard InChI is InChI=1S/C17H23NO2/c1-12-9-17(14(3)20-12)13(2)18-10-15-5-7-16(8-6-15)11-19-4/h5-9,13,18H,10-11H2,1-4H3. The van der Waals surface area contributed by atoms with E-state index in [0.717, 1.165) is 18.1 Å². The first-order valence-electron chi connectivity index (χ1n) is 6.97. The van der Waals surface area contributed by atoms with Crippen LogP contribution in [0.15, 0.2) is 34.7 Å². The highest BCUT2D eigenvalue weighted by Gasteiger charge is 2.11. The molecule has 0 aliphatic carbocycles. The summed E-state index contributed by atoms with van der Waals surface area (Å²) < 4.78 is 10.7. The van der Waals surface area contributed by atoms with Gasteiger partial charge >= 0.3 is 0 Å². The van der Waals surface area contributed by atoms with Crippen molar-refractivity contribution in [2.24, 2.45) is 0 Å². The summed E-state index contributed by atoms with van der Waals surface area (Å²) in [7, 11) is 1.71. The van der Waals surface area contributed by atoms with Crippen LogP contribution in [0.25, 0.3) is 0 Å². The van der Waals surface area contributed by atoms with Crippen LogP contribution in [-0.4, -0.2) is 7.11 Å². The van der Waals surface area contributed by atoms with Crippen LogP contribution in [-0.2, 0) is 17.9 Å². The molecule has 1 atom stereocenters. The first kappa shape index (κ1) is 14.8. The molecule has 0 spiro atoms. The summed E-state index contributed by atoms with van der Waals surface area (Å²) in [5, 5.41) is 3.53. The van der Waals surface area contributed by atoms with Crippen molar-refractivity contribution in [3.05, 3.63) is 58.5 Å². The van der Waals surface area contributed by atoms with Gasteiger partial charge in [-0.2, -0.15) is 0 Å². The Morgan fingerprint density at radius 3 is 2.35 bits per heavy atom. The maximum absolute atomic E-state index is 5.58. The van der Waals surface area contributed by atoms with Gasteiger partial charge in [0, 0.05) is 25.3 Å². The predicted octanol–water partition coefficient (Wildman–Crippen LogP) is 3.89. The van der Waals surface area contributed by atoms with Gasteiger partial charge in [-0.25, -0.2) is 0 Å². The second kappa shape index (κ2) is 6.73. The molecule has 20 heavy (non-hydrogen) atoms. The molecular weight excluding hydrogens is 250 g/mol. The van der Waals surface area contributed by atoms with Gasteiger partial charge in [-0.3, -0.25) is 0 Å². The first-order chi connectivity index (χ1) is 9.60. The fourth-order valence-corrected chi connectivity index (χ4v) is 2.38. The SMILES string of the molecule is COCc1ccc(CNC(C)c2cc(C)oc2C)cc1.